The van der Waals surface area contributed by atoms with Gasteiger partial charge in [-0.2, -0.15) is 12.6 Å². The van der Waals surface area contributed by atoms with Gasteiger partial charge >= 0.3 is 0 Å². The van der Waals surface area contributed by atoms with Crippen LogP contribution in [0.5, 0.6) is 0 Å². The Morgan fingerprint density at radius 2 is 1.93 bits per heavy atom. The van der Waals surface area contributed by atoms with Crippen molar-refractivity contribution in [2.45, 2.75) is 38.2 Å². The molecule has 0 aromatic heterocycles. The van der Waals surface area contributed by atoms with E-state index in [9.17, 15) is 0 Å². The van der Waals surface area contributed by atoms with Crippen LogP contribution in [0.15, 0.2) is 0 Å². The van der Waals surface area contributed by atoms with E-state index in [1.54, 1.807) is 0 Å². The predicted octanol–water partition coefficient (Wildman–Crippen LogP) is 2.20. The Hall–Kier alpha value is 0.270. The van der Waals surface area contributed by atoms with Gasteiger partial charge in [-0.1, -0.05) is 6.42 Å². The van der Waals surface area contributed by atoms with Crippen LogP contribution in [-0.4, -0.2) is 43.5 Å². The second-order valence-electron chi connectivity index (χ2n) is 4.06. The second kappa shape index (κ2) is 7.55. The van der Waals surface area contributed by atoms with Crippen LogP contribution < -0.4 is 0 Å². The summed E-state index contributed by atoms with van der Waals surface area (Å²) in [5.41, 5.74) is 0. The third kappa shape index (κ3) is 4.67. The number of likely N-dealkylation sites (tertiary alicyclic amines) is 1. The lowest BCUT2D eigenvalue weighted by atomic mass is 10.1. The molecule has 3 heteroatoms. The molecule has 0 radical (unpaired) electrons. The maximum absolute atomic E-state index is 5.35. The van der Waals surface area contributed by atoms with E-state index in [1.165, 1.54) is 51.7 Å². The van der Waals surface area contributed by atoms with Gasteiger partial charge < -0.3 is 9.64 Å². The molecule has 2 nitrogen and oxygen atoms in total. The Labute approximate surface area is 93.4 Å². The standard InChI is InChI=1S/C11H23NOS/c1-13-11-5-8-12(9-6-11)7-3-2-4-10-14/h11,14H,2-10H2,1H3. The van der Waals surface area contributed by atoms with Crippen LogP contribution in [0, 0.1) is 0 Å². The number of methoxy groups -OCH3 is 1. The quantitative estimate of drug-likeness (QED) is 0.541. The zero-order valence-corrected chi connectivity index (χ0v) is 10.1. The lowest BCUT2D eigenvalue weighted by molar-refractivity contribution is 0.0407. The minimum atomic E-state index is 0.517. The molecular weight excluding hydrogens is 194 g/mol. The molecule has 0 unspecified atom stereocenters. The molecule has 0 aromatic rings. The first-order valence-corrected chi connectivity index (χ1v) is 6.36. The normalized spacial score (nSPS) is 20.1. The summed E-state index contributed by atoms with van der Waals surface area (Å²) < 4.78 is 5.35. The van der Waals surface area contributed by atoms with E-state index >= 15 is 0 Å². The predicted molar refractivity (Wildman–Crippen MR) is 64.2 cm³/mol. The lowest BCUT2D eigenvalue weighted by Gasteiger charge is -2.31. The highest BCUT2D eigenvalue weighted by atomic mass is 32.1. The fourth-order valence-corrected chi connectivity index (χ4v) is 2.22. The van der Waals surface area contributed by atoms with Crippen LogP contribution in [0.2, 0.25) is 0 Å². The van der Waals surface area contributed by atoms with Gasteiger partial charge in [0.25, 0.3) is 0 Å². The highest BCUT2D eigenvalue weighted by molar-refractivity contribution is 7.80. The molecule has 1 aliphatic heterocycles. The molecule has 0 amide bonds. The Bertz CT molecular complexity index is 135. The minimum absolute atomic E-state index is 0.517. The number of unbranched alkanes of at least 4 members (excludes halogenated alkanes) is 2. The molecule has 84 valence electrons. The summed E-state index contributed by atoms with van der Waals surface area (Å²) in [5, 5.41) is 0. The number of hydrogen-bond acceptors (Lipinski definition) is 3. The van der Waals surface area contributed by atoms with Crippen molar-refractivity contribution in [1.29, 1.82) is 0 Å². The summed E-state index contributed by atoms with van der Waals surface area (Å²) in [5.74, 6) is 1.03. The maximum atomic E-state index is 5.35. The van der Waals surface area contributed by atoms with Crippen molar-refractivity contribution in [3.63, 3.8) is 0 Å². The topological polar surface area (TPSA) is 12.5 Å². The van der Waals surface area contributed by atoms with Crippen molar-refractivity contribution in [3.8, 4) is 0 Å². The molecule has 1 heterocycles. The molecule has 1 saturated heterocycles. The zero-order chi connectivity index (χ0) is 10.2. The van der Waals surface area contributed by atoms with E-state index in [-0.39, 0.29) is 0 Å². The van der Waals surface area contributed by atoms with Gasteiger partial charge in [0.15, 0.2) is 0 Å². The van der Waals surface area contributed by atoms with Gasteiger partial charge in [0.2, 0.25) is 0 Å². The van der Waals surface area contributed by atoms with E-state index in [0.717, 1.165) is 5.75 Å². The Morgan fingerprint density at radius 1 is 1.21 bits per heavy atom. The van der Waals surface area contributed by atoms with Gasteiger partial charge in [0, 0.05) is 20.2 Å². The van der Waals surface area contributed by atoms with Crippen LogP contribution in [-0.2, 0) is 4.74 Å². The number of piperidine rings is 1. The van der Waals surface area contributed by atoms with Gasteiger partial charge in [-0.05, 0) is 38.0 Å². The van der Waals surface area contributed by atoms with Gasteiger partial charge in [0.05, 0.1) is 6.10 Å². The molecular formula is C11H23NOS. The minimum Gasteiger partial charge on any atom is -0.381 e. The van der Waals surface area contributed by atoms with Crippen molar-refractivity contribution in [2.75, 3.05) is 32.5 Å². The molecule has 0 aliphatic carbocycles. The summed E-state index contributed by atoms with van der Waals surface area (Å²) in [7, 11) is 1.83. The fraction of sp³-hybridized carbons (Fsp3) is 1.00. The van der Waals surface area contributed by atoms with E-state index in [2.05, 4.69) is 17.5 Å². The number of rotatable bonds is 6. The highest BCUT2D eigenvalue weighted by Crippen LogP contribution is 2.13. The average molecular weight is 217 g/mol. The average Bonchev–Trinajstić information content (AvgIpc) is 2.25. The van der Waals surface area contributed by atoms with E-state index < -0.39 is 0 Å². The molecule has 0 atom stereocenters. The van der Waals surface area contributed by atoms with E-state index in [4.69, 9.17) is 4.74 Å². The van der Waals surface area contributed by atoms with Gasteiger partial charge in [0.1, 0.15) is 0 Å². The first-order valence-electron chi connectivity index (χ1n) is 5.73. The maximum Gasteiger partial charge on any atom is 0.0595 e. The van der Waals surface area contributed by atoms with Gasteiger partial charge in [-0.25, -0.2) is 0 Å². The van der Waals surface area contributed by atoms with Crippen LogP contribution in [0.4, 0.5) is 0 Å². The van der Waals surface area contributed by atoms with Gasteiger partial charge in [-0.15, -0.1) is 0 Å². The molecule has 0 N–H and O–H groups in total. The largest absolute Gasteiger partial charge is 0.381 e. The third-order valence-electron chi connectivity index (χ3n) is 3.00. The van der Waals surface area contributed by atoms with Crippen LogP contribution in [0.25, 0.3) is 0 Å². The Kier molecular flexibility index (Phi) is 6.65. The van der Waals surface area contributed by atoms with Crippen molar-refractivity contribution in [3.05, 3.63) is 0 Å². The van der Waals surface area contributed by atoms with E-state index in [1.807, 2.05) is 7.11 Å². The van der Waals surface area contributed by atoms with Gasteiger partial charge in [-0.3, -0.25) is 0 Å². The third-order valence-corrected chi connectivity index (χ3v) is 3.32. The van der Waals surface area contributed by atoms with Crippen molar-refractivity contribution in [1.82, 2.24) is 4.90 Å². The van der Waals surface area contributed by atoms with Crippen molar-refractivity contribution >= 4 is 12.6 Å². The molecule has 0 bridgehead atoms. The lowest BCUT2D eigenvalue weighted by Crippen LogP contribution is -2.37. The van der Waals surface area contributed by atoms with Crippen LogP contribution in [0.3, 0.4) is 0 Å². The Balaban J connectivity index is 1.98. The number of nitrogens with zero attached hydrogens (tertiary/aromatic N) is 1. The molecule has 0 spiro atoms. The van der Waals surface area contributed by atoms with Crippen molar-refractivity contribution in [2.24, 2.45) is 0 Å². The Morgan fingerprint density at radius 3 is 2.50 bits per heavy atom. The SMILES string of the molecule is COC1CCN(CCCCCS)CC1. The van der Waals surface area contributed by atoms with E-state index in [0.29, 0.717) is 6.10 Å². The zero-order valence-electron chi connectivity index (χ0n) is 9.24. The summed E-state index contributed by atoms with van der Waals surface area (Å²) in [6, 6.07) is 0. The molecule has 1 fully saturated rings. The summed E-state index contributed by atoms with van der Waals surface area (Å²) in [4.78, 5) is 2.56. The number of thiol groups is 1. The first-order chi connectivity index (χ1) is 6.86. The molecule has 0 saturated carbocycles. The highest BCUT2D eigenvalue weighted by Gasteiger charge is 2.17. The number of hydrogen-bond donors (Lipinski definition) is 1. The molecule has 1 rings (SSSR count). The first kappa shape index (κ1) is 12.3. The summed E-state index contributed by atoms with van der Waals surface area (Å²) in [6.07, 6.45) is 6.86. The second-order valence-corrected chi connectivity index (χ2v) is 4.51. The van der Waals surface area contributed by atoms with Crippen LogP contribution in [0.1, 0.15) is 32.1 Å². The molecule has 14 heavy (non-hydrogen) atoms. The van der Waals surface area contributed by atoms with Crippen LogP contribution >= 0.6 is 12.6 Å². The molecule has 0 aromatic carbocycles. The smallest absolute Gasteiger partial charge is 0.0595 e. The summed E-state index contributed by atoms with van der Waals surface area (Å²) >= 11 is 4.21. The van der Waals surface area contributed by atoms with Crippen molar-refractivity contribution < 1.29 is 4.74 Å². The number of ether oxygens (including phenoxy) is 1. The molecule has 1 aliphatic rings. The summed E-state index contributed by atoms with van der Waals surface area (Å²) in [6.45, 7) is 3.71. The fourth-order valence-electron chi connectivity index (χ4n) is 1.99. The monoisotopic (exact) mass is 217 g/mol.